The average molecular weight is 320 g/mol. The van der Waals surface area contributed by atoms with E-state index in [-0.39, 0.29) is 11.6 Å². The van der Waals surface area contributed by atoms with E-state index in [9.17, 15) is 9.59 Å². The summed E-state index contributed by atoms with van der Waals surface area (Å²) < 4.78 is 4.85. The van der Waals surface area contributed by atoms with Crippen molar-refractivity contribution in [1.29, 1.82) is 0 Å². The van der Waals surface area contributed by atoms with Gasteiger partial charge in [0.05, 0.1) is 6.61 Å². The Morgan fingerprint density at radius 3 is 2.91 bits per heavy atom. The third kappa shape index (κ3) is 4.37. The van der Waals surface area contributed by atoms with Gasteiger partial charge < -0.3 is 15.2 Å². The molecule has 0 aliphatic heterocycles. The first-order valence-electron chi connectivity index (χ1n) is 6.64. The monoisotopic (exact) mass is 320 g/mol. The van der Waals surface area contributed by atoms with Crippen LogP contribution in [0.25, 0.3) is 10.6 Å². The molecule has 2 rings (SSSR count). The maximum atomic E-state index is 11.5. The summed E-state index contributed by atoms with van der Waals surface area (Å²) in [5.41, 5.74) is 1.80. The summed E-state index contributed by atoms with van der Waals surface area (Å²) in [6.07, 6.45) is 0.324. The Balaban J connectivity index is 2.03. The first-order valence-corrected chi connectivity index (χ1v) is 7.52. The molecule has 0 spiro atoms. The molecular formula is C15H16N2O4S. The fourth-order valence-corrected chi connectivity index (χ4v) is 2.59. The maximum Gasteiger partial charge on any atom is 0.355 e. The number of carboxylic acids is 1. The van der Waals surface area contributed by atoms with Crippen LogP contribution in [0, 0.1) is 0 Å². The molecule has 0 aliphatic rings. The van der Waals surface area contributed by atoms with Crippen LogP contribution in [-0.4, -0.2) is 35.7 Å². The predicted molar refractivity (Wildman–Crippen MR) is 82.8 cm³/mol. The summed E-state index contributed by atoms with van der Waals surface area (Å²) in [7, 11) is 1.55. The van der Waals surface area contributed by atoms with E-state index in [0.717, 1.165) is 11.1 Å². The molecule has 0 fully saturated rings. The summed E-state index contributed by atoms with van der Waals surface area (Å²) in [5, 5.41) is 13.9. The normalized spacial score (nSPS) is 10.4. The number of rotatable bonds is 7. The Kier molecular flexibility index (Phi) is 5.62. The van der Waals surface area contributed by atoms with Gasteiger partial charge in [-0.1, -0.05) is 18.2 Å². The maximum absolute atomic E-state index is 11.5. The van der Waals surface area contributed by atoms with Gasteiger partial charge in [-0.3, -0.25) is 4.79 Å². The molecule has 2 N–H and O–H groups in total. The second-order valence-corrected chi connectivity index (χ2v) is 5.42. The van der Waals surface area contributed by atoms with Gasteiger partial charge >= 0.3 is 5.97 Å². The lowest BCUT2D eigenvalue weighted by molar-refractivity contribution is -0.122. The number of aromatic nitrogens is 1. The minimum atomic E-state index is -1.04. The van der Waals surface area contributed by atoms with Crippen LogP contribution >= 0.6 is 11.3 Å². The van der Waals surface area contributed by atoms with Crippen LogP contribution in [0.15, 0.2) is 29.6 Å². The van der Waals surface area contributed by atoms with Crippen molar-refractivity contribution in [2.24, 2.45) is 0 Å². The van der Waals surface area contributed by atoms with Crippen LogP contribution in [0.4, 0.5) is 0 Å². The minimum Gasteiger partial charge on any atom is -0.476 e. The van der Waals surface area contributed by atoms with Gasteiger partial charge in [0.2, 0.25) is 5.91 Å². The molecule has 0 bridgehead atoms. The third-order valence-electron chi connectivity index (χ3n) is 2.92. The van der Waals surface area contributed by atoms with Crippen LogP contribution in [0.3, 0.4) is 0 Å². The highest BCUT2D eigenvalue weighted by Gasteiger charge is 2.10. The Morgan fingerprint density at radius 1 is 1.41 bits per heavy atom. The molecule has 7 heteroatoms. The van der Waals surface area contributed by atoms with Crippen molar-refractivity contribution in [2.75, 3.05) is 13.7 Å². The van der Waals surface area contributed by atoms with E-state index in [0.29, 0.717) is 24.6 Å². The largest absolute Gasteiger partial charge is 0.476 e. The van der Waals surface area contributed by atoms with Crippen molar-refractivity contribution in [3.63, 3.8) is 0 Å². The SMILES string of the molecule is COCCC(=O)NCc1cccc(-c2nc(C(=O)O)cs2)c1. The summed E-state index contributed by atoms with van der Waals surface area (Å²) >= 11 is 1.28. The van der Waals surface area contributed by atoms with Crippen LogP contribution in [0.2, 0.25) is 0 Å². The zero-order chi connectivity index (χ0) is 15.9. The first kappa shape index (κ1) is 16.1. The van der Waals surface area contributed by atoms with E-state index in [2.05, 4.69) is 10.3 Å². The van der Waals surface area contributed by atoms with Gasteiger partial charge in [0.15, 0.2) is 5.69 Å². The minimum absolute atomic E-state index is 0.0401. The van der Waals surface area contributed by atoms with Gasteiger partial charge in [0, 0.05) is 31.0 Å². The number of hydrogen-bond donors (Lipinski definition) is 2. The second-order valence-electron chi connectivity index (χ2n) is 4.56. The first-order chi connectivity index (χ1) is 10.6. The Hall–Kier alpha value is -2.25. The molecule has 0 saturated heterocycles. The molecule has 116 valence electrons. The molecule has 0 radical (unpaired) electrons. The van der Waals surface area contributed by atoms with E-state index in [1.54, 1.807) is 7.11 Å². The van der Waals surface area contributed by atoms with Gasteiger partial charge in [-0.25, -0.2) is 9.78 Å². The molecule has 0 atom stereocenters. The number of nitrogens with zero attached hydrogens (tertiary/aromatic N) is 1. The van der Waals surface area contributed by atoms with Crippen molar-refractivity contribution < 1.29 is 19.4 Å². The molecule has 1 heterocycles. The molecule has 0 saturated carbocycles. The number of thiazole rings is 1. The van der Waals surface area contributed by atoms with Gasteiger partial charge in [0.1, 0.15) is 5.01 Å². The lowest BCUT2D eigenvalue weighted by Gasteiger charge is -2.06. The second kappa shape index (κ2) is 7.67. The van der Waals surface area contributed by atoms with E-state index in [1.807, 2.05) is 24.3 Å². The number of benzene rings is 1. The summed E-state index contributed by atoms with van der Waals surface area (Å²) in [4.78, 5) is 26.5. The standard InChI is InChI=1S/C15H16N2O4S/c1-21-6-5-13(18)16-8-10-3-2-4-11(7-10)14-17-12(9-22-14)15(19)20/h2-4,7,9H,5-6,8H2,1H3,(H,16,18)(H,19,20). The van der Waals surface area contributed by atoms with E-state index < -0.39 is 5.97 Å². The highest BCUT2D eigenvalue weighted by molar-refractivity contribution is 7.13. The average Bonchev–Trinajstić information content (AvgIpc) is 3.01. The molecular weight excluding hydrogens is 304 g/mol. The molecule has 1 aromatic heterocycles. The lowest BCUT2D eigenvalue weighted by atomic mass is 10.1. The number of methoxy groups -OCH3 is 1. The molecule has 0 unspecified atom stereocenters. The van der Waals surface area contributed by atoms with Gasteiger partial charge in [0.25, 0.3) is 0 Å². The van der Waals surface area contributed by atoms with Crippen molar-refractivity contribution in [3.05, 3.63) is 40.9 Å². The molecule has 0 aliphatic carbocycles. The van der Waals surface area contributed by atoms with Crippen LogP contribution in [0.1, 0.15) is 22.5 Å². The van der Waals surface area contributed by atoms with Crippen LogP contribution in [0.5, 0.6) is 0 Å². The van der Waals surface area contributed by atoms with E-state index in [1.165, 1.54) is 16.7 Å². The molecule has 1 aromatic carbocycles. The topological polar surface area (TPSA) is 88.5 Å². The molecule has 6 nitrogen and oxygen atoms in total. The molecule has 2 aromatic rings. The number of carbonyl (C=O) groups excluding carboxylic acids is 1. The van der Waals surface area contributed by atoms with Crippen LogP contribution in [-0.2, 0) is 16.1 Å². The lowest BCUT2D eigenvalue weighted by Crippen LogP contribution is -2.23. The van der Waals surface area contributed by atoms with E-state index in [4.69, 9.17) is 9.84 Å². The van der Waals surface area contributed by atoms with Gasteiger partial charge in [-0.2, -0.15) is 0 Å². The number of amides is 1. The van der Waals surface area contributed by atoms with Crippen molar-refractivity contribution in [2.45, 2.75) is 13.0 Å². The van der Waals surface area contributed by atoms with Crippen LogP contribution < -0.4 is 5.32 Å². The Labute approximate surface area is 131 Å². The smallest absolute Gasteiger partial charge is 0.355 e. The zero-order valence-corrected chi connectivity index (χ0v) is 12.9. The molecule has 22 heavy (non-hydrogen) atoms. The molecule has 1 amide bonds. The fraction of sp³-hybridized carbons (Fsp3) is 0.267. The number of carbonyl (C=O) groups is 2. The highest BCUT2D eigenvalue weighted by atomic mass is 32.1. The van der Waals surface area contributed by atoms with Crippen molar-refractivity contribution in [1.82, 2.24) is 10.3 Å². The fourth-order valence-electron chi connectivity index (χ4n) is 1.80. The summed E-state index contributed by atoms with van der Waals surface area (Å²) in [6, 6.07) is 7.50. The number of carboxylic acid groups (broad SMARTS) is 1. The summed E-state index contributed by atoms with van der Waals surface area (Å²) in [6.45, 7) is 0.802. The van der Waals surface area contributed by atoms with Gasteiger partial charge in [-0.15, -0.1) is 11.3 Å². The number of nitrogens with one attached hydrogen (secondary N) is 1. The van der Waals surface area contributed by atoms with Crippen molar-refractivity contribution in [3.8, 4) is 10.6 Å². The third-order valence-corrected chi connectivity index (χ3v) is 3.81. The number of aromatic carboxylic acids is 1. The van der Waals surface area contributed by atoms with E-state index >= 15 is 0 Å². The number of ether oxygens (including phenoxy) is 1. The number of hydrogen-bond acceptors (Lipinski definition) is 5. The Bertz CT molecular complexity index is 669. The van der Waals surface area contributed by atoms with Crippen molar-refractivity contribution >= 4 is 23.2 Å². The highest BCUT2D eigenvalue weighted by Crippen LogP contribution is 2.24. The Morgan fingerprint density at radius 2 is 2.23 bits per heavy atom. The summed E-state index contributed by atoms with van der Waals surface area (Å²) in [5.74, 6) is -1.11. The predicted octanol–water partition coefficient (Wildman–Crippen LogP) is 2.16. The van der Waals surface area contributed by atoms with Gasteiger partial charge in [-0.05, 0) is 11.6 Å². The quantitative estimate of drug-likeness (QED) is 0.816. The zero-order valence-electron chi connectivity index (χ0n) is 12.0.